The Bertz CT molecular complexity index is 6090. The summed E-state index contributed by atoms with van der Waals surface area (Å²) in [6.07, 6.45) is 21.4. The SMILES string of the molecule is CCc1ccccc1Nc1ncc2ccn(-c3ccccn3)c2n1.COc1cc(Nc2ncc3ccn(-c4cccc(C(=O)NCCCCN(C)C)c4)c3n2)cc(OC)c1OC.COc1ccc(C)c(Nc2ncc3ccn(-c4ccc(Cl)nc4)c3n2)c1.COc1ccccc1Cn1ccc2cnc(Nc3cc(OC)c(OC)c(OC)c3)nc21. The fourth-order valence-corrected chi connectivity index (χ4v) is 13.1. The van der Waals surface area contributed by atoms with Gasteiger partial charge < -0.3 is 78.5 Å². The third-order valence-electron chi connectivity index (χ3n) is 19.1. The van der Waals surface area contributed by atoms with Gasteiger partial charge in [-0.2, -0.15) is 19.9 Å². The van der Waals surface area contributed by atoms with Crippen molar-refractivity contribution in [3.63, 3.8) is 0 Å². The van der Waals surface area contributed by atoms with Crippen LogP contribution in [0.4, 0.5) is 46.5 Å². The number of aryl methyl sites for hydroxylation is 2. The zero-order chi connectivity index (χ0) is 83.3. The van der Waals surface area contributed by atoms with Crippen molar-refractivity contribution in [3.8, 4) is 63.2 Å². The van der Waals surface area contributed by atoms with Crippen molar-refractivity contribution in [3.05, 3.63) is 259 Å². The van der Waals surface area contributed by atoms with Crippen LogP contribution < -0.4 is 64.5 Å². The first-order valence-corrected chi connectivity index (χ1v) is 38.4. The molecular formula is C89H91ClN20O9. The first-order chi connectivity index (χ1) is 58.1. The number of nitrogens with zero attached hydrogens (tertiary/aromatic N) is 15. The Morgan fingerprint density at radius 1 is 0.437 bits per heavy atom. The van der Waals surface area contributed by atoms with Crippen LogP contribution in [-0.2, 0) is 13.0 Å². The van der Waals surface area contributed by atoms with Gasteiger partial charge in [0.1, 0.15) is 39.4 Å². The highest BCUT2D eigenvalue weighted by Gasteiger charge is 2.20. The number of benzene rings is 6. The van der Waals surface area contributed by atoms with Crippen molar-refractivity contribution in [2.45, 2.75) is 39.7 Å². The van der Waals surface area contributed by atoms with Crippen molar-refractivity contribution in [2.24, 2.45) is 0 Å². The van der Waals surface area contributed by atoms with E-state index >= 15 is 0 Å². The number of anilines is 8. The van der Waals surface area contributed by atoms with E-state index in [1.54, 1.807) is 106 Å². The number of hydrogen-bond donors (Lipinski definition) is 5. The average Bonchev–Trinajstić information content (AvgIpc) is 1.67. The van der Waals surface area contributed by atoms with Gasteiger partial charge in [0.25, 0.3) is 5.91 Å². The molecule has 0 fully saturated rings. The molecule has 1 amide bonds. The fraction of sp³-hybridized carbons (Fsp3) is 0.202. The quantitative estimate of drug-likeness (QED) is 0.0225. The molecule has 10 heterocycles. The molecule has 0 aliphatic heterocycles. The summed E-state index contributed by atoms with van der Waals surface area (Å²) in [5, 5.41) is 20.2. The largest absolute Gasteiger partial charge is 0.497 e. The van der Waals surface area contributed by atoms with Gasteiger partial charge in [0, 0.05) is 154 Å². The second-order valence-corrected chi connectivity index (χ2v) is 27.5. The topological polar surface area (TPSA) is 303 Å². The van der Waals surface area contributed by atoms with Crippen LogP contribution >= 0.6 is 11.6 Å². The van der Waals surface area contributed by atoms with E-state index in [1.807, 2.05) is 211 Å². The van der Waals surface area contributed by atoms with Crippen LogP contribution in [0.2, 0.25) is 5.15 Å². The summed E-state index contributed by atoms with van der Waals surface area (Å²) in [6, 6.07) is 54.0. The predicted octanol–water partition coefficient (Wildman–Crippen LogP) is 17.2. The lowest BCUT2D eigenvalue weighted by atomic mass is 10.1. The van der Waals surface area contributed by atoms with Gasteiger partial charge in [-0.25, -0.2) is 29.9 Å². The molecule has 0 bridgehead atoms. The summed E-state index contributed by atoms with van der Waals surface area (Å²) < 4.78 is 51.2. The molecule has 5 N–H and O–H groups in total. The van der Waals surface area contributed by atoms with Gasteiger partial charge in [-0.15, -0.1) is 0 Å². The highest BCUT2D eigenvalue weighted by atomic mass is 35.5. The molecule has 30 heteroatoms. The molecule has 608 valence electrons. The number of hydrogen-bond acceptors (Lipinski definition) is 24. The molecule has 119 heavy (non-hydrogen) atoms. The second kappa shape index (κ2) is 39.2. The van der Waals surface area contributed by atoms with Gasteiger partial charge in [-0.05, 0) is 143 Å². The van der Waals surface area contributed by atoms with Crippen molar-refractivity contribution < 1.29 is 42.7 Å². The summed E-state index contributed by atoms with van der Waals surface area (Å²) in [5.74, 6) is 7.48. The second-order valence-electron chi connectivity index (χ2n) is 27.1. The van der Waals surface area contributed by atoms with Gasteiger partial charge in [-0.1, -0.05) is 73.1 Å². The summed E-state index contributed by atoms with van der Waals surface area (Å²) in [5.41, 5.74) is 12.2. The van der Waals surface area contributed by atoms with Gasteiger partial charge in [0.05, 0.1) is 75.3 Å². The lowest BCUT2D eigenvalue weighted by Crippen LogP contribution is -2.25. The van der Waals surface area contributed by atoms with Crippen LogP contribution in [0.15, 0.2) is 232 Å². The first-order valence-electron chi connectivity index (χ1n) is 38.0. The molecule has 0 aliphatic rings. The number of rotatable bonds is 28. The van der Waals surface area contributed by atoms with Crippen LogP contribution in [0.25, 0.3) is 61.3 Å². The molecular weight excluding hydrogens is 1530 g/mol. The monoisotopic (exact) mass is 1620 g/mol. The number of fused-ring (bicyclic) bond motifs is 4. The number of carbonyl (C=O) groups excluding carboxylic acids is 1. The van der Waals surface area contributed by atoms with Gasteiger partial charge in [0.15, 0.2) is 28.6 Å². The van der Waals surface area contributed by atoms with Crippen LogP contribution in [0, 0.1) is 6.92 Å². The van der Waals surface area contributed by atoms with E-state index in [9.17, 15) is 4.79 Å². The number of nitrogens with one attached hydrogen (secondary N) is 5. The van der Waals surface area contributed by atoms with Crippen molar-refractivity contribution in [2.75, 3.05) is 105 Å². The molecule has 0 atom stereocenters. The molecule has 16 rings (SSSR count). The number of pyridine rings is 2. The van der Waals surface area contributed by atoms with E-state index in [0.29, 0.717) is 93.4 Å². The maximum absolute atomic E-state index is 12.7. The third-order valence-corrected chi connectivity index (χ3v) is 19.3. The molecule has 0 unspecified atom stereocenters. The summed E-state index contributed by atoms with van der Waals surface area (Å²) in [6.45, 7) is 6.43. The van der Waals surface area contributed by atoms with E-state index < -0.39 is 0 Å². The van der Waals surface area contributed by atoms with E-state index in [2.05, 4.69) is 88.9 Å². The summed E-state index contributed by atoms with van der Waals surface area (Å²) in [7, 11) is 16.8. The zero-order valence-corrected chi connectivity index (χ0v) is 68.7. The molecule has 0 saturated carbocycles. The van der Waals surface area contributed by atoms with Gasteiger partial charge in [-0.3, -0.25) is 13.9 Å². The van der Waals surface area contributed by atoms with E-state index in [4.69, 9.17) is 59.5 Å². The number of para-hydroxylation sites is 2. The van der Waals surface area contributed by atoms with E-state index in [-0.39, 0.29) is 5.91 Å². The molecule has 0 aliphatic carbocycles. The number of carbonyl (C=O) groups is 1. The fourth-order valence-electron chi connectivity index (χ4n) is 13.0. The molecule has 0 saturated heterocycles. The Balaban J connectivity index is 0.000000139. The lowest BCUT2D eigenvalue weighted by Gasteiger charge is -2.14. The molecule has 10 aromatic heterocycles. The van der Waals surface area contributed by atoms with Crippen molar-refractivity contribution >= 4 is 108 Å². The number of halogens is 1. The minimum atomic E-state index is -0.0902. The first kappa shape index (κ1) is 82.4. The maximum Gasteiger partial charge on any atom is 0.251 e. The number of amides is 1. The molecule has 0 spiro atoms. The average molecular weight is 1620 g/mol. The predicted molar refractivity (Wildman–Crippen MR) is 466 cm³/mol. The van der Waals surface area contributed by atoms with Gasteiger partial charge in [0.2, 0.25) is 35.3 Å². The Labute approximate surface area is 692 Å². The molecule has 29 nitrogen and oxygen atoms in total. The third kappa shape index (κ3) is 20.0. The maximum atomic E-state index is 12.7. The number of methoxy groups -OCH3 is 8. The van der Waals surface area contributed by atoms with E-state index in [0.717, 1.165) is 121 Å². The summed E-state index contributed by atoms with van der Waals surface area (Å²) in [4.78, 5) is 59.9. The normalized spacial score (nSPS) is 10.9. The zero-order valence-electron chi connectivity index (χ0n) is 67.9. The molecule has 0 radical (unpaired) electrons. The minimum absolute atomic E-state index is 0.0902. The van der Waals surface area contributed by atoms with Gasteiger partial charge >= 0.3 is 0 Å². The van der Waals surface area contributed by atoms with Crippen LogP contribution in [0.5, 0.6) is 46.0 Å². The lowest BCUT2D eigenvalue weighted by molar-refractivity contribution is 0.0952. The van der Waals surface area contributed by atoms with E-state index in [1.165, 1.54) is 5.56 Å². The highest BCUT2D eigenvalue weighted by molar-refractivity contribution is 6.29. The van der Waals surface area contributed by atoms with Crippen LogP contribution in [-0.4, -0.2) is 163 Å². The minimum Gasteiger partial charge on any atom is -0.497 e. The standard InChI is InChI=1S/C28H34N6O4.C23H24N4O4.C19H16ClN5O.C19H17N5/c1-33(2)13-7-6-12-29-27(35)19-9-8-10-22(15-19)34-14-11-20-18-30-28(32-26(20)34)31-21-16-23(36-3)25(38-5)24(17-21)37-4;1-28-18-8-6-5-7-16(18)14-27-10-9-15-13-24-23(26-22(15)27)25-17-11-19(29-2)21(31-4)20(12-17)30-3;1-12-3-5-15(26-2)9-16(12)23-19-22-10-13-7-8-25(18(13)24-19)14-4-6-17(20)21-11-14;1-2-14-7-3-4-8-16(14)22-19-21-13-15-10-12-24(18(15)23-19)17-9-5-6-11-20-17/h8-11,14-18H,6-7,12-13H2,1-5H3,(H,29,35)(H,30,31,32);5-13H,14H2,1-4H3,(H,24,25,26);3-11H,1-2H3,(H,22,23,24);3-13H,2H2,1H3,(H,21,22,23). The summed E-state index contributed by atoms with van der Waals surface area (Å²) >= 11 is 5.88. The Kier molecular flexibility index (Phi) is 27.1. The Morgan fingerprint density at radius 3 is 1.50 bits per heavy atom. The Hall–Kier alpha value is -14.6. The van der Waals surface area contributed by atoms with Crippen LogP contribution in [0.1, 0.15) is 46.8 Å². The smallest absolute Gasteiger partial charge is 0.251 e. The molecule has 6 aromatic carbocycles. The highest BCUT2D eigenvalue weighted by Crippen LogP contribution is 2.42. The van der Waals surface area contributed by atoms with Crippen molar-refractivity contribution in [1.82, 2.24) is 78.3 Å². The van der Waals surface area contributed by atoms with Crippen LogP contribution in [0.3, 0.4) is 0 Å². The van der Waals surface area contributed by atoms with Crippen molar-refractivity contribution in [1.29, 1.82) is 0 Å². The Morgan fingerprint density at radius 2 is 0.958 bits per heavy atom. The number of aromatic nitrogens is 14. The number of ether oxygens (including phenoxy) is 8. The number of unbranched alkanes of at least 4 members (excludes halogenated alkanes) is 1. The molecule has 16 aromatic rings.